The molecule has 0 spiro atoms. The smallest absolute Gasteiger partial charge is 0.0664 e. The molecule has 1 aromatic rings. The second-order valence-corrected chi connectivity index (χ2v) is 3.21. The number of aryl methyl sites for hydroxylation is 1. The lowest BCUT2D eigenvalue weighted by Crippen LogP contribution is -2.37. The molecule has 0 fully saturated rings. The first-order chi connectivity index (χ1) is 5.26. The molecule has 0 aliphatic heterocycles. The topological polar surface area (TPSA) is 62.0 Å². The lowest BCUT2D eigenvalue weighted by molar-refractivity contribution is 0.196. The molecule has 1 heterocycles. The highest BCUT2D eigenvalue weighted by Gasteiger charge is 2.34. The van der Waals surface area contributed by atoms with Crippen molar-refractivity contribution in [3.05, 3.63) is 23.5 Å². The Morgan fingerprint density at radius 2 is 2.45 bits per heavy atom. The first-order valence-corrected chi connectivity index (χ1v) is 3.82. The zero-order chi connectivity index (χ0) is 7.90. The van der Waals surface area contributed by atoms with E-state index in [2.05, 4.69) is 4.98 Å². The highest BCUT2D eigenvalue weighted by atomic mass is 16.3. The number of nitrogens with two attached hydrogens (primary N) is 1. The van der Waals surface area contributed by atoms with E-state index in [0.717, 1.165) is 18.4 Å². The number of nitrogens with one attached hydrogen (secondary N) is 1. The van der Waals surface area contributed by atoms with Gasteiger partial charge in [0.2, 0.25) is 0 Å². The molecule has 1 aromatic heterocycles. The molecule has 1 aliphatic rings. The maximum Gasteiger partial charge on any atom is 0.0664 e. The Balaban J connectivity index is 2.45. The van der Waals surface area contributed by atoms with Crippen molar-refractivity contribution in [3.8, 4) is 0 Å². The average molecular weight is 152 g/mol. The van der Waals surface area contributed by atoms with Crippen LogP contribution in [0.2, 0.25) is 0 Å². The van der Waals surface area contributed by atoms with Gasteiger partial charge in [-0.3, -0.25) is 0 Å². The number of fused-ring (bicyclic) bond motifs is 1. The second-order valence-electron chi connectivity index (χ2n) is 3.21. The van der Waals surface area contributed by atoms with Crippen molar-refractivity contribution in [2.75, 3.05) is 6.61 Å². The monoisotopic (exact) mass is 152 g/mol. The zero-order valence-corrected chi connectivity index (χ0v) is 6.30. The highest BCUT2D eigenvalue weighted by molar-refractivity contribution is 5.36. The fraction of sp³-hybridized carbons (Fsp3) is 0.500. The molecule has 4 N–H and O–H groups in total. The van der Waals surface area contributed by atoms with E-state index in [-0.39, 0.29) is 6.61 Å². The van der Waals surface area contributed by atoms with Crippen LogP contribution in [0.15, 0.2) is 12.4 Å². The molecule has 2 rings (SSSR count). The van der Waals surface area contributed by atoms with Crippen molar-refractivity contribution in [1.29, 1.82) is 0 Å². The molecule has 1 unspecified atom stereocenters. The average Bonchev–Trinajstić information content (AvgIpc) is 2.55. The standard InChI is InChI=1S/C8H12N2O/c9-8(5-11)2-1-6-3-10-4-7(6)8/h3-4,10-11H,1-2,5,9H2. The third kappa shape index (κ3) is 0.814. The fourth-order valence-corrected chi connectivity index (χ4v) is 1.72. The summed E-state index contributed by atoms with van der Waals surface area (Å²) in [5, 5.41) is 9.05. The van der Waals surface area contributed by atoms with Crippen LogP contribution >= 0.6 is 0 Å². The fourth-order valence-electron chi connectivity index (χ4n) is 1.72. The summed E-state index contributed by atoms with van der Waals surface area (Å²) in [5.74, 6) is 0. The molecule has 3 nitrogen and oxygen atoms in total. The lowest BCUT2D eigenvalue weighted by Gasteiger charge is -2.20. The van der Waals surface area contributed by atoms with Gasteiger partial charge in [-0.15, -0.1) is 0 Å². The summed E-state index contributed by atoms with van der Waals surface area (Å²) in [6.45, 7) is 0.0395. The van der Waals surface area contributed by atoms with Gasteiger partial charge < -0.3 is 15.8 Å². The van der Waals surface area contributed by atoms with Gasteiger partial charge in [-0.1, -0.05) is 0 Å². The van der Waals surface area contributed by atoms with Gasteiger partial charge in [-0.25, -0.2) is 0 Å². The quantitative estimate of drug-likeness (QED) is 0.534. The third-order valence-corrected chi connectivity index (χ3v) is 2.49. The molecule has 0 amide bonds. The van der Waals surface area contributed by atoms with E-state index >= 15 is 0 Å². The number of aliphatic hydroxyl groups excluding tert-OH is 1. The summed E-state index contributed by atoms with van der Waals surface area (Å²) in [5.41, 5.74) is 7.80. The summed E-state index contributed by atoms with van der Waals surface area (Å²) in [7, 11) is 0. The first-order valence-electron chi connectivity index (χ1n) is 3.82. The Morgan fingerprint density at radius 1 is 1.64 bits per heavy atom. The number of aromatic nitrogens is 1. The molecular weight excluding hydrogens is 140 g/mol. The number of aromatic amines is 1. The molecule has 1 atom stereocenters. The first kappa shape index (κ1) is 6.88. The maximum atomic E-state index is 9.05. The summed E-state index contributed by atoms with van der Waals surface area (Å²) in [6, 6.07) is 0. The lowest BCUT2D eigenvalue weighted by atomic mass is 9.97. The van der Waals surface area contributed by atoms with E-state index in [1.54, 1.807) is 0 Å². The van der Waals surface area contributed by atoms with E-state index in [1.807, 2.05) is 12.4 Å². The van der Waals surface area contributed by atoms with Crippen molar-refractivity contribution in [2.45, 2.75) is 18.4 Å². The summed E-state index contributed by atoms with van der Waals surface area (Å²) >= 11 is 0. The highest BCUT2D eigenvalue weighted by Crippen LogP contribution is 2.33. The number of aliphatic hydroxyl groups is 1. The molecule has 0 bridgehead atoms. The van der Waals surface area contributed by atoms with Crippen LogP contribution in [0.3, 0.4) is 0 Å². The Kier molecular flexibility index (Phi) is 1.31. The minimum absolute atomic E-state index is 0.0395. The molecule has 0 saturated carbocycles. The van der Waals surface area contributed by atoms with Gasteiger partial charge >= 0.3 is 0 Å². The minimum atomic E-state index is -0.477. The van der Waals surface area contributed by atoms with Crippen molar-refractivity contribution >= 4 is 0 Å². The second kappa shape index (κ2) is 2.09. The molecule has 3 heteroatoms. The van der Waals surface area contributed by atoms with Gasteiger partial charge in [0.25, 0.3) is 0 Å². The van der Waals surface area contributed by atoms with Crippen LogP contribution in [0.25, 0.3) is 0 Å². The van der Waals surface area contributed by atoms with Crippen LogP contribution < -0.4 is 5.73 Å². The Hall–Kier alpha value is -0.800. The van der Waals surface area contributed by atoms with E-state index in [0.29, 0.717) is 0 Å². The largest absolute Gasteiger partial charge is 0.394 e. The zero-order valence-electron chi connectivity index (χ0n) is 6.30. The molecule has 1 aliphatic carbocycles. The van der Waals surface area contributed by atoms with Crippen molar-refractivity contribution in [1.82, 2.24) is 4.98 Å². The molecular formula is C8H12N2O. The molecule has 60 valence electrons. The molecule has 0 saturated heterocycles. The van der Waals surface area contributed by atoms with Crippen molar-refractivity contribution in [2.24, 2.45) is 5.73 Å². The minimum Gasteiger partial charge on any atom is -0.394 e. The molecule has 11 heavy (non-hydrogen) atoms. The third-order valence-electron chi connectivity index (χ3n) is 2.49. The van der Waals surface area contributed by atoms with Crippen LogP contribution in [0.4, 0.5) is 0 Å². The van der Waals surface area contributed by atoms with Crippen molar-refractivity contribution < 1.29 is 5.11 Å². The Morgan fingerprint density at radius 3 is 3.18 bits per heavy atom. The van der Waals surface area contributed by atoms with E-state index in [1.165, 1.54) is 5.56 Å². The predicted octanol–water partition coefficient (Wildman–Crippen LogP) is 0.107. The van der Waals surface area contributed by atoms with Gasteiger partial charge in [0, 0.05) is 12.4 Å². The molecule has 0 radical (unpaired) electrons. The summed E-state index contributed by atoms with van der Waals surface area (Å²) in [4.78, 5) is 3.00. The van der Waals surface area contributed by atoms with Crippen LogP contribution in [0.1, 0.15) is 17.5 Å². The van der Waals surface area contributed by atoms with Gasteiger partial charge in [0.05, 0.1) is 12.1 Å². The van der Waals surface area contributed by atoms with E-state index in [4.69, 9.17) is 10.8 Å². The van der Waals surface area contributed by atoms with Crippen LogP contribution in [-0.4, -0.2) is 16.7 Å². The van der Waals surface area contributed by atoms with E-state index < -0.39 is 5.54 Å². The Labute approximate surface area is 65.2 Å². The number of hydrogen-bond donors (Lipinski definition) is 3. The van der Waals surface area contributed by atoms with Gasteiger partial charge in [0.15, 0.2) is 0 Å². The van der Waals surface area contributed by atoms with Gasteiger partial charge in [0.1, 0.15) is 0 Å². The Bertz CT molecular complexity index is 269. The van der Waals surface area contributed by atoms with Gasteiger partial charge in [-0.05, 0) is 24.0 Å². The van der Waals surface area contributed by atoms with E-state index in [9.17, 15) is 0 Å². The predicted molar refractivity (Wildman–Crippen MR) is 42.1 cm³/mol. The van der Waals surface area contributed by atoms with Crippen LogP contribution in [-0.2, 0) is 12.0 Å². The number of rotatable bonds is 1. The number of H-pyrrole nitrogens is 1. The molecule has 0 aromatic carbocycles. The van der Waals surface area contributed by atoms with Gasteiger partial charge in [-0.2, -0.15) is 0 Å². The number of hydrogen-bond acceptors (Lipinski definition) is 2. The van der Waals surface area contributed by atoms with Crippen LogP contribution in [0, 0.1) is 0 Å². The SMILES string of the molecule is NC1(CO)CCc2c[nH]cc21. The van der Waals surface area contributed by atoms with Crippen molar-refractivity contribution in [3.63, 3.8) is 0 Å². The summed E-state index contributed by atoms with van der Waals surface area (Å²) < 4.78 is 0. The normalized spacial score (nSPS) is 28.9. The van der Waals surface area contributed by atoms with Crippen LogP contribution in [0.5, 0.6) is 0 Å². The maximum absolute atomic E-state index is 9.05. The summed E-state index contributed by atoms with van der Waals surface area (Å²) in [6.07, 6.45) is 5.69.